The van der Waals surface area contributed by atoms with Crippen LogP contribution in [0, 0.1) is 0 Å². The number of hydrogen-bond donors (Lipinski definition) is 0. The monoisotopic (exact) mass is 418 g/mol. The fourth-order valence-electron chi connectivity index (χ4n) is 2.91. The van der Waals surface area contributed by atoms with Gasteiger partial charge in [-0.1, -0.05) is 41.7 Å². The number of ether oxygens (including phenoxy) is 2. The lowest BCUT2D eigenvalue weighted by atomic mass is 10.0. The molecule has 0 bridgehead atoms. The summed E-state index contributed by atoms with van der Waals surface area (Å²) in [6, 6.07) is 9.13. The average molecular weight is 418 g/mol. The highest BCUT2D eigenvalue weighted by Crippen LogP contribution is 2.53. The predicted octanol–water partition coefficient (Wildman–Crippen LogP) is 3.09. The van der Waals surface area contributed by atoms with Crippen LogP contribution in [0.2, 0.25) is 0 Å². The number of allylic oxidation sites excluding steroid dienone is 1. The molecule has 0 saturated heterocycles. The summed E-state index contributed by atoms with van der Waals surface area (Å²) in [5.74, 6) is -1.58. The molecule has 0 fully saturated rings. The topological polar surface area (TPSA) is 85.3 Å². The van der Waals surface area contributed by atoms with Gasteiger partial charge in [0.25, 0.3) is 0 Å². The Kier molecular flexibility index (Phi) is 5.66. The highest BCUT2D eigenvalue weighted by Gasteiger charge is 2.54. The second-order valence-corrected chi connectivity index (χ2v) is 8.42. The molecule has 3 rings (SSSR count). The lowest BCUT2D eigenvalue weighted by Crippen LogP contribution is -2.45. The Labute approximate surface area is 170 Å². The van der Waals surface area contributed by atoms with E-state index in [1.54, 1.807) is 5.01 Å². The van der Waals surface area contributed by atoms with Crippen LogP contribution in [0.4, 0.5) is 5.69 Å². The van der Waals surface area contributed by atoms with Gasteiger partial charge in [-0.25, -0.2) is 14.6 Å². The maximum atomic E-state index is 12.8. The van der Waals surface area contributed by atoms with E-state index in [0.29, 0.717) is 5.69 Å². The molecule has 1 aromatic carbocycles. The Morgan fingerprint density at radius 2 is 1.71 bits per heavy atom. The number of thioether (sulfide) groups is 2. The Balaban J connectivity index is 2.31. The van der Waals surface area contributed by atoms with E-state index < -0.39 is 16.8 Å². The second-order valence-electron chi connectivity index (χ2n) is 5.95. The maximum absolute atomic E-state index is 12.8. The van der Waals surface area contributed by atoms with Crippen LogP contribution in [0.3, 0.4) is 0 Å². The van der Waals surface area contributed by atoms with Crippen molar-refractivity contribution in [2.24, 2.45) is 5.10 Å². The van der Waals surface area contributed by atoms with Crippen molar-refractivity contribution in [3.8, 4) is 0 Å². The van der Waals surface area contributed by atoms with Crippen LogP contribution >= 0.6 is 23.5 Å². The van der Waals surface area contributed by atoms with Gasteiger partial charge in [0.15, 0.2) is 15.7 Å². The highest BCUT2D eigenvalue weighted by atomic mass is 32.2. The van der Waals surface area contributed by atoms with Gasteiger partial charge in [0.1, 0.15) is 10.5 Å². The normalized spacial score (nSPS) is 21.4. The SMILES string of the molecule is COC(=O)C1=C(C(=O)OC)C2(C=C(C)S1)SC(C(C)=O)=NN2c1ccccc1. The molecule has 1 atom stereocenters. The molecule has 0 N–H and O–H groups in total. The summed E-state index contributed by atoms with van der Waals surface area (Å²) in [5.41, 5.74) is 0.735. The summed E-state index contributed by atoms with van der Waals surface area (Å²) in [6.07, 6.45) is 1.81. The van der Waals surface area contributed by atoms with Crippen molar-refractivity contribution in [1.29, 1.82) is 0 Å². The van der Waals surface area contributed by atoms with E-state index in [9.17, 15) is 14.4 Å². The van der Waals surface area contributed by atoms with Crippen molar-refractivity contribution < 1.29 is 23.9 Å². The van der Waals surface area contributed by atoms with Crippen LogP contribution in [0.5, 0.6) is 0 Å². The largest absolute Gasteiger partial charge is 0.466 e. The van der Waals surface area contributed by atoms with E-state index in [1.807, 2.05) is 43.3 Å². The molecule has 1 aromatic rings. The first-order valence-corrected chi connectivity index (χ1v) is 9.90. The summed E-state index contributed by atoms with van der Waals surface area (Å²) in [7, 11) is 2.49. The number of benzene rings is 1. The van der Waals surface area contributed by atoms with Crippen molar-refractivity contribution in [3.05, 3.63) is 51.8 Å². The molecular formula is C19H18N2O5S2. The molecule has 0 radical (unpaired) electrons. The van der Waals surface area contributed by atoms with E-state index in [-0.39, 0.29) is 21.3 Å². The number of Topliss-reactive ketones (excluding diaryl/α,β-unsaturated/α-hetero) is 1. The number of hydrazone groups is 1. The molecule has 7 nitrogen and oxygen atoms in total. The smallest absolute Gasteiger partial charge is 0.345 e. The van der Waals surface area contributed by atoms with Crippen molar-refractivity contribution in [2.75, 3.05) is 19.2 Å². The Bertz CT molecular complexity index is 939. The molecule has 0 amide bonds. The number of para-hydroxylation sites is 1. The Morgan fingerprint density at radius 3 is 2.29 bits per heavy atom. The van der Waals surface area contributed by atoms with Gasteiger partial charge in [0, 0.05) is 6.92 Å². The first-order chi connectivity index (χ1) is 13.3. The standard InChI is InChI=1S/C19H18N2O5S2/c1-11-10-19(14(17(23)25-3)15(27-11)18(24)26-4)21(13-8-6-5-7-9-13)20-16(28-19)12(2)22/h5-10H,1-4H3. The number of nitrogens with zero attached hydrogens (tertiary/aromatic N) is 2. The summed E-state index contributed by atoms with van der Waals surface area (Å²) in [5, 5.41) is 6.27. The van der Waals surface area contributed by atoms with Crippen molar-refractivity contribution >= 4 is 52.0 Å². The zero-order chi connectivity index (χ0) is 20.5. The van der Waals surface area contributed by atoms with E-state index in [1.165, 1.54) is 21.1 Å². The zero-order valence-corrected chi connectivity index (χ0v) is 17.3. The first kappa shape index (κ1) is 20.2. The molecule has 0 aliphatic carbocycles. The van der Waals surface area contributed by atoms with Gasteiger partial charge in [-0.15, -0.1) is 0 Å². The molecule has 0 saturated carbocycles. The number of hydrogen-bond acceptors (Lipinski definition) is 9. The molecule has 2 heterocycles. The minimum Gasteiger partial charge on any atom is -0.466 e. The summed E-state index contributed by atoms with van der Waals surface area (Å²) >= 11 is 2.23. The van der Waals surface area contributed by atoms with Gasteiger partial charge in [0.05, 0.1) is 19.9 Å². The van der Waals surface area contributed by atoms with Gasteiger partial charge in [-0.05, 0) is 30.0 Å². The lowest BCUT2D eigenvalue weighted by molar-refractivity contribution is -0.139. The quantitative estimate of drug-likeness (QED) is 0.690. The van der Waals surface area contributed by atoms with Crippen molar-refractivity contribution in [1.82, 2.24) is 0 Å². The van der Waals surface area contributed by atoms with Crippen LogP contribution in [-0.2, 0) is 23.9 Å². The minimum atomic E-state index is -1.24. The van der Waals surface area contributed by atoms with Crippen molar-refractivity contribution in [2.45, 2.75) is 18.7 Å². The molecule has 28 heavy (non-hydrogen) atoms. The molecule has 0 aromatic heterocycles. The number of ketones is 1. The van der Waals surface area contributed by atoms with Crippen LogP contribution in [0.1, 0.15) is 13.8 Å². The van der Waals surface area contributed by atoms with E-state index in [0.717, 1.165) is 28.4 Å². The van der Waals surface area contributed by atoms with Gasteiger partial charge in [-0.2, -0.15) is 5.10 Å². The molecule has 2 aliphatic rings. The zero-order valence-electron chi connectivity index (χ0n) is 15.7. The van der Waals surface area contributed by atoms with Crippen molar-refractivity contribution in [3.63, 3.8) is 0 Å². The van der Waals surface area contributed by atoms with Gasteiger partial charge >= 0.3 is 11.9 Å². The van der Waals surface area contributed by atoms with Gasteiger partial charge < -0.3 is 9.47 Å². The molecule has 9 heteroatoms. The third-order valence-corrected chi connectivity index (χ3v) is 6.45. The van der Waals surface area contributed by atoms with Crippen LogP contribution in [0.15, 0.2) is 56.9 Å². The van der Waals surface area contributed by atoms with E-state index in [4.69, 9.17) is 9.47 Å². The Morgan fingerprint density at radius 1 is 1.07 bits per heavy atom. The fourth-order valence-corrected chi connectivity index (χ4v) is 5.43. The summed E-state index contributed by atoms with van der Waals surface area (Å²) < 4.78 is 9.89. The average Bonchev–Trinajstić information content (AvgIpc) is 3.06. The molecule has 146 valence electrons. The predicted molar refractivity (Wildman–Crippen MR) is 110 cm³/mol. The maximum Gasteiger partial charge on any atom is 0.345 e. The molecule has 1 spiro atoms. The third kappa shape index (κ3) is 3.35. The number of rotatable bonds is 4. The van der Waals surface area contributed by atoms with Gasteiger partial charge in [-0.3, -0.25) is 4.79 Å². The van der Waals surface area contributed by atoms with Crippen LogP contribution in [0.25, 0.3) is 0 Å². The van der Waals surface area contributed by atoms with E-state index >= 15 is 0 Å². The molecule has 2 aliphatic heterocycles. The number of carbonyl (C=O) groups excluding carboxylic acids is 3. The van der Waals surface area contributed by atoms with E-state index in [2.05, 4.69) is 5.10 Å². The van der Waals surface area contributed by atoms with Crippen LogP contribution in [-0.4, -0.2) is 41.9 Å². The molecule has 1 unspecified atom stereocenters. The summed E-state index contributed by atoms with van der Waals surface area (Å²) in [6.45, 7) is 3.23. The fraction of sp³-hybridized carbons (Fsp3) is 0.263. The minimum absolute atomic E-state index is 0.0753. The van der Waals surface area contributed by atoms with Gasteiger partial charge in [0.2, 0.25) is 0 Å². The van der Waals surface area contributed by atoms with Crippen LogP contribution < -0.4 is 5.01 Å². The first-order valence-electron chi connectivity index (χ1n) is 8.26. The Hall–Kier alpha value is -2.52. The lowest BCUT2D eigenvalue weighted by Gasteiger charge is -2.38. The number of methoxy groups -OCH3 is 2. The molecular weight excluding hydrogens is 400 g/mol. The highest BCUT2D eigenvalue weighted by molar-refractivity contribution is 8.17. The number of anilines is 1. The number of esters is 2. The second kappa shape index (κ2) is 7.84. The summed E-state index contributed by atoms with van der Waals surface area (Å²) in [4.78, 5) is 37.0. The number of carbonyl (C=O) groups is 3. The third-order valence-electron chi connectivity index (χ3n) is 4.07.